The maximum atomic E-state index is 4.64. The van der Waals surface area contributed by atoms with E-state index in [-0.39, 0.29) is 6.04 Å². The van der Waals surface area contributed by atoms with Crippen molar-refractivity contribution in [2.24, 2.45) is 7.05 Å². The zero-order valence-electron chi connectivity index (χ0n) is 12.8. The molecule has 2 rings (SSSR count). The van der Waals surface area contributed by atoms with Crippen LogP contribution >= 0.6 is 0 Å². The van der Waals surface area contributed by atoms with Crippen molar-refractivity contribution < 1.29 is 0 Å². The number of hydrogen-bond donors (Lipinski definition) is 1. The Hall–Kier alpha value is -1.68. The van der Waals surface area contributed by atoms with Gasteiger partial charge in [0.2, 0.25) is 0 Å². The first-order valence-corrected chi connectivity index (χ1v) is 7.24. The fourth-order valence-electron chi connectivity index (χ4n) is 2.49. The molecule has 0 aliphatic rings. The molecule has 1 atom stereocenters. The van der Waals surface area contributed by atoms with Crippen LogP contribution in [-0.4, -0.2) is 21.3 Å². The molecule has 0 aliphatic carbocycles. The average Bonchev–Trinajstić information content (AvgIpc) is 2.80. The highest BCUT2D eigenvalue weighted by molar-refractivity contribution is 5.27. The van der Waals surface area contributed by atoms with Crippen molar-refractivity contribution in [3.8, 4) is 0 Å². The molecule has 0 amide bonds. The second-order valence-corrected chi connectivity index (χ2v) is 5.45. The van der Waals surface area contributed by atoms with Crippen LogP contribution in [0, 0.1) is 13.8 Å². The van der Waals surface area contributed by atoms with E-state index < -0.39 is 0 Å². The normalized spacial score (nSPS) is 12.6. The molecule has 0 bridgehead atoms. The summed E-state index contributed by atoms with van der Waals surface area (Å²) in [6, 6.07) is 2.45. The third-order valence-electron chi connectivity index (χ3n) is 3.42. The largest absolute Gasteiger partial charge is 0.308 e. The van der Waals surface area contributed by atoms with E-state index in [1.807, 2.05) is 24.1 Å². The summed E-state index contributed by atoms with van der Waals surface area (Å²) < 4.78 is 1.85. The molecule has 1 N–H and O–H groups in total. The van der Waals surface area contributed by atoms with E-state index in [1.54, 1.807) is 0 Å². The summed E-state index contributed by atoms with van der Waals surface area (Å²) in [6.45, 7) is 7.40. The molecule has 0 aromatic carbocycles. The fraction of sp³-hybridized carbons (Fsp3) is 0.500. The van der Waals surface area contributed by atoms with Gasteiger partial charge in [-0.05, 0) is 49.9 Å². The first-order valence-electron chi connectivity index (χ1n) is 7.24. The minimum Gasteiger partial charge on any atom is -0.308 e. The van der Waals surface area contributed by atoms with Gasteiger partial charge in [0.05, 0.1) is 17.9 Å². The number of aryl methyl sites for hydroxylation is 3. The summed E-state index contributed by atoms with van der Waals surface area (Å²) in [5.74, 6) is 0. The van der Waals surface area contributed by atoms with E-state index in [4.69, 9.17) is 0 Å². The minimum absolute atomic E-state index is 0.250. The van der Waals surface area contributed by atoms with E-state index in [0.717, 1.165) is 25.1 Å². The lowest BCUT2D eigenvalue weighted by molar-refractivity contribution is 0.515. The molecule has 1 unspecified atom stereocenters. The molecule has 0 saturated carbocycles. The molecule has 0 aliphatic heterocycles. The van der Waals surface area contributed by atoms with E-state index >= 15 is 0 Å². The first kappa shape index (κ1) is 14.7. The summed E-state index contributed by atoms with van der Waals surface area (Å²) in [5.41, 5.74) is 4.85. The highest BCUT2D eigenvalue weighted by atomic mass is 15.2. The SMILES string of the molecule is CCCNC(Cc1cnn(C)c1)c1ncc(C)cc1C. The highest BCUT2D eigenvalue weighted by Gasteiger charge is 2.16. The lowest BCUT2D eigenvalue weighted by Gasteiger charge is -2.19. The zero-order chi connectivity index (χ0) is 14.5. The Morgan fingerprint density at radius 1 is 1.30 bits per heavy atom. The summed E-state index contributed by atoms with van der Waals surface area (Å²) in [7, 11) is 1.95. The van der Waals surface area contributed by atoms with Crippen molar-refractivity contribution in [1.82, 2.24) is 20.1 Å². The van der Waals surface area contributed by atoms with Crippen LogP contribution in [0.15, 0.2) is 24.7 Å². The van der Waals surface area contributed by atoms with Crippen molar-refractivity contribution in [2.75, 3.05) is 6.54 Å². The molecule has 108 valence electrons. The Labute approximate surface area is 121 Å². The Balaban J connectivity index is 2.22. The molecule has 0 fully saturated rings. The number of aromatic nitrogens is 3. The van der Waals surface area contributed by atoms with Crippen LogP contribution in [0.2, 0.25) is 0 Å². The van der Waals surface area contributed by atoms with E-state index in [9.17, 15) is 0 Å². The molecule has 0 spiro atoms. The van der Waals surface area contributed by atoms with Crippen LogP contribution in [0.1, 0.15) is 41.8 Å². The van der Waals surface area contributed by atoms with Gasteiger partial charge in [0, 0.05) is 19.4 Å². The Morgan fingerprint density at radius 2 is 2.10 bits per heavy atom. The zero-order valence-corrected chi connectivity index (χ0v) is 12.8. The predicted octanol–water partition coefficient (Wildman–Crippen LogP) is 2.72. The van der Waals surface area contributed by atoms with Gasteiger partial charge in [-0.2, -0.15) is 5.10 Å². The predicted molar refractivity (Wildman–Crippen MR) is 81.7 cm³/mol. The molecule has 2 heterocycles. The number of pyridine rings is 1. The molecule has 0 saturated heterocycles. The van der Waals surface area contributed by atoms with E-state index in [1.165, 1.54) is 16.7 Å². The van der Waals surface area contributed by atoms with Gasteiger partial charge in [0.15, 0.2) is 0 Å². The monoisotopic (exact) mass is 272 g/mol. The molecule has 2 aromatic rings. The maximum Gasteiger partial charge on any atom is 0.0605 e. The maximum absolute atomic E-state index is 4.64. The molecule has 20 heavy (non-hydrogen) atoms. The van der Waals surface area contributed by atoms with Gasteiger partial charge in [-0.3, -0.25) is 9.67 Å². The van der Waals surface area contributed by atoms with Crippen LogP contribution in [0.5, 0.6) is 0 Å². The van der Waals surface area contributed by atoms with Crippen LogP contribution in [0.25, 0.3) is 0 Å². The molecule has 0 radical (unpaired) electrons. The van der Waals surface area contributed by atoms with Crippen LogP contribution in [-0.2, 0) is 13.5 Å². The van der Waals surface area contributed by atoms with Crippen molar-refractivity contribution in [2.45, 2.75) is 39.7 Å². The molecule has 4 heteroatoms. The van der Waals surface area contributed by atoms with Crippen molar-refractivity contribution in [3.05, 3.63) is 47.0 Å². The molecule has 4 nitrogen and oxygen atoms in total. The molecule has 2 aromatic heterocycles. The van der Waals surface area contributed by atoms with Gasteiger partial charge >= 0.3 is 0 Å². The number of rotatable bonds is 6. The first-order chi connectivity index (χ1) is 9.60. The van der Waals surface area contributed by atoms with Crippen LogP contribution in [0.3, 0.4) is 0 Å². The standard InChI is InChI=1S/C16H24N4/c1-5-6-17-15(8-14-10-19-20(4)11-14)16-13(3)7-12(2)9-18-16/h7,9-11,15,17H,5-6,8H2,1-4H3. The van der Waals surface area contributed by atoms with Crippen LogP contribution < -0.4 is 5.32 Å². The minimum atomic E-state index is 0.250. The van der Waals surface area contributed by atoms with Gasteiger partial charge in [0.25, 0.3) is 0 Å². The fourth-order valence-corrected chi connectivity index (χ4v) is 2.49. The smallest absolute Gasteiger partial charge is 0.0605 e. The third kappa shape index (κ3) is 3.67. The lowest BCUT2D eigenvalue weighted by Crippen LogP contribution is -2.25. The number of hydrogen-bond acceptors (Lipinski definition) is 3. The summed E-state index contributed by atoms with van der Waals surface area (Å²) in [4.78, 5) is 4.64. The van der Waals surface area contributed by atoms with Gasteiger partial charge in [0.1, 0.15) is 0 Å². The van der Waals surface area contributed by atoms with Crippen molar-refractivity contribution in [3.63, 3.8) is 0 Å². The number of nitrogens with zero attached hydrogens (tertiary/aromatic N) is 3. The summed E-state index contributed by atoms with van der Waals surface area (Å²) in [5, 5.41) is 7.85. The summed E-state index contributed by atoms with van der Waals surface area (Å²) in [6.07, 6.45) is 8.00. The van der Waals surface area contributed by atoms with Crippen LogP contribution in [0.4, 0.5) is 0 Å². The number of nitrogens with one attached hydrogen (secondary N) is 1. The Kier molecular flexibility index (Phi) is 4.90. The molecular formula is C16H24N4. The topological polar surface area (TPSA) is 42.7 Å². The third-order valence-corrected chi connectivity index (χ3v) is 3.42. The van der Waals surface area contributed by atoms with Crippen molar-refractivity contribution >= 4 is 0 Å². The lowest BCUT2D eigenvalue weighted by atomic mass is 10.0. The summed E-state index contributed by atoms with van der Waals surface area (Å²) >= 11 is 0. The highest BCUT2D eigenvalue weighted by Crippen LogP contribution is 2.20. The quantitative estimate of drug-likeness (QED) is 0.879. The Morgan fingerprint density at radius 3 is 2.70 bits per heavy atom. The van der Waals surface area contributed by atoms with E-state index in [0.29, 0.717) is 0 Å². The average molecular weight is 272 g/mol. The van der Waals surface area contributed by atoms with Crippen molar-refractivity contribution in [1.29, 1.82) is 0 Å². The Bertz CT molecular complexity index is 559. The van der Waals surface area contributed by atoms with Gasteiger partial charge < -0.3 is 5.32 Å². The van der Waals surface area contributed by atoms with E-state index in [2.05, 4.69) is 48.4 Å². The molecular weight excluding hydrogens is 248 g/mol. The van der Waals surface area contributed by atoms with Gasteiger partial charge in [-0.1, -0.05) is 13.0 Å². The van der Waals surface area contributed by atoms with Gasteiger partial charge in [-0.15, -0.1) is 0 Å². The second-order valence-electron chi connectivity index (χ2n) is 5.45. The second kappa shape index (κ2) is 6.66. The van der Waals surface area contributed by atoms with Gasteiger partial charge in [-0.25, -0.2) is 0 Å².